The van der Waals surface area contributed by atoms with Gasteiger partial charge in [-0.3, -0.25) is 9.59 Å². The fraction of sp³-hybridized carbons (Fsp3) is 0.867. The second-order valence-corrected chi connectivity index (χ2v) is 6.30. The topological polar surface area (TPSA) is 66.4 Å². The Morgan fingerprint density at radius 3 is 2.11 bits per heavy atom. The van der Waals surface area contributed by atoms with Crippen LogP contribution in [0.15, 0.2) is 0 Å². The molecule has 4 heteroatoms. The van der Waals surface area contributed by atoms with Crippen molar-refractivity contribution in [2.24, 2.45) is 17.8 Å². The van der Waals surface area contributed by atoms with Gasteiger partial charge in [0.1, 0.15) is 0 Å². The van der Waals surface area contributed by atoms with Crippen molar-refractivity contribution in [1.29, 1.82) is 0 Å². The molecule has 0 aromatic heterocycles. The summed E-state index contributed by atoms with van der Waals surface area (Å²) in [5, 5.41) is 12.3. The molecule has 0 saturated heterocycles. The molecule has 2 fully saturated rings. The van der Waals surface area contributed by atoms with Crippen molar-refractivity contribution < 1.29 is 14.7 Å². The van der Waals surface area contributed by atoms with E-state index in [9.17, 15) is 14.7 Å². The van der Waals surface area contributed by atoms with E-state index in [1.165, 1.54) is 0 Å². The third kappa shape index (κ3) is 3.71. The van der Waals surface area contributed by atoms with Gasteiger partial charge in [0.05, 0.1) is 11.8 Å². The zero-order valence-electron chi connectivity index (χ0n) is 11.7. The SMILES string of the molecule is C[C@H]1CC[C@H](NC(=O)[C@@H]2CCCC[C@@H]2C(=O)O)CC1. The van der Waals surface area contributed by atoms with E-state index in [0.717, 1.165) is 50.9 Å². The van der Waals surface area contributed by atoms with Crippen molar-refractivity contribution in [3.8, 4) is 0 Å². The molecule has 0 aromatic rings. The lowest BCUT2D eigenvalue weighted by molar-refractivity contribution is -0.149. The second-order valence-electron chi connectivity index (χ2n) is 6.30. The number of nitrogens with one attached hydrogen (secondary N) is 1. The maximum atomic E-state index is 12.3. The number of hydrogen-bond acceptors (Lipinski definition) is 2. The van der Waals surface area contributed by atoms with Gasteiger partial charge in [0.15, 0.2) is 0 Å². The lowest BCUT2D eigenvalue weighted by Crippen LogP contribution is -2.45. The van der Waals surface area contributed by atoms with Crippen LogP contribution in [0.2, 0.25) is 0 Å². The van der Waals surface area contributed by atoms with E-state index >= 15 is 0 Å². The highest BCUT2D eigenvalue weighted by atomic mass is 16.4. The van der Waals surface area contributed by atoms with Gasteiger partial charge < -0.3 is 10.4 Å². The van der Waals surface area contributed by atoms with Crippen LogP contribution in [-0.2, 0) is 9.59 Å². The molecule has 2 aliphatic carbocycles. The van der Waals surface area contributed by atoms with Crippen LogP contribution >= 0.6 is 0 Å². The average Bonchev–Trinajstić information content (AvgIpc) is 2.41. The fourth-order valence-corrected chi connectivity index (χ4v) is 3.45. The molecule has 0 radical (unpaired) electrons. The predicted octanol–water partition coefficient (Wildman–Crippen LogP) is 2.57. The highest BCUT2D eigenvalue weighted by Gasteiger charge is 2.36. The molecule has 0 aromatic carbocycles. The van der Waals surface area contributed by atoms with Crippen LogP contribution in [0.5, 0.6) is 0 Å². The number of carboxylic acids is 1. The Bertz CT molecular complexity index is 334. The molecular weight excluding hydrogens is 242 g/mol. The molecule has 19 heavy (non-hydrogen) atoms. The lowest BCUT2D eigenvalue weighted by atomic mass is 9.78. The summed E-state index contributed by atoms with van der Waals surface area (Å²) >= 11 is 0. The van der Waals surface area contributed by atoms with E-state index in [0.29, 0.717) is 6.42 Å². The normalized spacial score (nSPS) is 35.6. The van der Waals surface area contributed by atoms with Gasteiger partial charge in [-0.05, 0) is 44.4 Å². The van der Waals surface area contributed by atoms with E-state index in [-0.39, 0.29) is 17.9 Å². The molecule has 1 amide bonds. The van der Waals surface area contributed by atoms with Crippen LogP contribution in [0, 0.1) is 17.8 Å². The molecular formula is C15H25NO3. The molecule has 0 bridgehead atoms. The summed E-state index contributed by atoms with van der Waals surface area (Å²) in [6, 6.07) is 0.264. The third-order valence-electron chi connectivity index (χ3n) is 4.78. The Balaban J connectivity index is 1.89. The smallest absolute Gasteiger partial charge is 0.307 e. The van der Waals surface area contributed by atoms with Gasteiger partial charge in [0, 0.05) is 6.04 Å². The van der Waals surface area contributed by atoms with Gasteiger partial charge >= 0.3 is 5.97 Å². The van der Waals surface area contributed by atoms with Crippen LogP contribution in [0.1, 0.15) is 58.3 Å². The molecule has 2 N–H and O–H groups in total. The predicted molar refractivity (Wildman–Crippen MR) is 72.6 cm³/mol. The highest BCUT2D eigenvalue weighted by Crippen LogP contribution is 2.31. The summed E-state index contributed by atoms with van der Waals surface area (Å²) in [4.78, 5) is 23.5. The first-order valence-electron chi connectivity index (χ1n) is 7.61. The molecule has 2 atom stereocenters. The van der Waals surface area contributed by atoms with E-state index < -0.39 is 11.9 Å². The second kappa shape index (κ2) is 6.40. The standard InChI is InChI=1S/C15H25NO3/c1-10-6-8-11(9-7-10)16-14(17)12-4-2-3-5-13(12)15(18)19/h10-13H,2-9H2,1H3,(H,16,17)(H,18,19)/t10-,11-,12-,13+/m1/s1. The van der Waals surface area contributed by atoms with E-state index in [4.69, 9.17) is 0 Å². The van der Waals surface area contributed by atoms with Crippen LogP contribution < -0.4 is 5.32 Å². The van der Waals surface area contributed by atoms with Crippen molar-refractivity contribution in [3.05, 3.63) is 0 Å². The Kier molecular flexibility index (Phi) is 4.83. The molecule has 0 spiro atoms. The summed E-state index contributed by atoms with van der Waals surface area (Å²) in [5.74, 6) is -0.861. The molecule has 0 unspecified atom stereocenters. The number of rotatable bonds is 3. The molecule has 2 aliphatic rings. The number of amides is 1. The minimum absolute atomic E-state index is 0.0216. The van der Waals surface area contributed by atoms with Gasteiger partial charge in [-0.15, -0.1) is 0 Å². The van der Waals surface area contributed by atoms with Crippen molar-refractivity contribution in [2.45, 2.75) is 64.3 Å². The highest BCUT2D eigenvalue weighted by molar-refractivity contribution is 5.85. The summed E-state index contributed by atoms with van der Waals surface area (Å²) in [5.41, 5.74) is 0. The Morgan fingerprint density at radius 1 is 0.947 bits per heavy atom. The van der Waals surface area contributed by atoms with Crippen LogP contribution in [0.3, 0.4) is 0 Å². The number of aliphatic carboxylic acids is 1. The first kappa shape index (κ1) is 14.4. The molecule has 108 valence electrons. The van der Waals surface area contributed by atoms with Gasteiger partial charge in [0.2, 0.25) is 5.91 Å². The van der Waals surface area contributed by atoms with Crippen molar-refractivity contribution >= 4 is 11.9 Å². The Morgan fingerprint density at radius 2 is 1.53 bits per heavy atom. The molecule has 2 rings (SSSR count). The zero-order chi connectivity index (χ0) is 13.8. The maximum Gasteiger partial charge on any atom is 0.307 e. The van der Waals surface area contributed by atoms with Gasteiger partial charge in [-0.1, -0.05) is 19.8 Å². The summed E-state index contributed by atoms with van der Waals surface area (Å²) in [7, 11) is 0. The number of hydrogen-bond donors (Lipinski definition) is 2. The van der Waals surface area contributed by atoms with Crippen molar-refractivity contribution in [3.63, 3.8) is 0 Å². The number of carboxylic acid groups (broad SMARTS) is 1. The average molecular weight is 267 g/mol. The fourth-order valence-electron chi connectivity index (χ4n) is 3.45. The van der Waals surface area contributed by atoms with E-state index in [2.05, 4.69) is 12.2 Å². The monoisotopic (exact) mass is 267 g/mol. The van der Waals surface area contributed by atoms with E-state index in [1.54, 1.807) is 0 Å². The van der Waals surface area contributed by atoms with Crippen molar-refractivity contribution in [1.82, 2.24) is 5.32 Å². The minimum atomic E-state index is -0.808. The summed E-state index contributed by atoms with van der Waals surface area (Å²) in [6.45, 7) is 2.25. The lowest BCUT2D eigenvalue weighted by Gasteiger charge is -2.31. The first-order valence-corrected chi connectivity index (χ1v) is 7.61. The van der Waals surface area contributed by atoms with E-state index in [1.807, 2.05) is 0 Å². The minimum Gasteiger partial charge on any atom is -0.481 e. The quantitative estimate of drug-likeness (QED) is 0.826. The Labute approximate surface area is 115 Å². The maximum absolute atomic E-state index is 12.3. The molecule has 0 heterocycles. The summed E-state index contributed by atoms with van der Waals surface area (Å²) < 4.78 is 0. The van der Waals surface area contributed by atoms with Gasteiger partial charge in [-0.25, -0.2) is 0 Å². The van der Waals surface area contributed by atoms with Crippen LogP contribution in [-0.4, -0.2) is 23.0 Å². The molecule has 4 nitrogen and oxygen atoms in total. The van der Waals surface area contributed by atoms with Crippen molar-refractivity contribution in [2.75, 3.05) is 0 Å². The molecule has 0 aliphatic heterocycles. The third-order valence-corrected chi connectivity index (χ3v) is 4.78. The molecule has 2 saturated carbocycles. The van der Waals surface area contributed by atoms with Crippen LogP contribution in [0.4, 0.5) is 0 Å². The number of carbonyl (C=O) groups excluding carboxylic acids is 1. The largest absolute Gasteiger partial charge is 0.481 e. The number of carbonyl (C=O) groups is 2. The zero-order valence-corrected chi connectivity index (χ0v) is 11.7. The van der Waals surface area contributed by atoms with Crippen LogP contribution in [0.25, 0.3) is 0 Å². The Hall–Kier alpha value is -1.06. The summed E-state index contributed by atoms with van der Waals surface area (Å²) in [6.07, 6.45) is 7.69. The first-order chi connectivity index (χ1) is 9.08. The van der Waals surface area contributed by atoms with Gasteiger partial charge in [-0.2, -0.15) is 0 Å². The van der Waals surface area contributed by atoms with Gasteiger partial charge in [0.25, 0.3) is 0 Å².